The molecule has 4 atom stereocenters. The first-order valence-corrected chi connectivity index (χ1v) is 9.17. The van der Waals surface area contributed by atoms with Crippen LogP contribution >= 0.6 is 0 Å². The van der Waals surface area contributed by atoms with Crippen molar-refractivity contribution in [3.63, 3.8) is 0 Å². The zero-order chi connectivity index (χ0) is 17.8. The van der Waals surface area contributed by atoms with Gasteiger partial charge in [-0.25, -0.2) is 0 Å². The first-order valence-electron chi connectivity index (χ1n) is 9.17. The normalized spacial score (nSPS) is 25.6. The van der Waals surface area contributed by atoms with Gasteiger partial charge in [-0.05, 0) is 17.5 Å². The van der Waals surface area contributed by atoms with Crippen molar-refractivity contribution in [2.45, 2.75) is 24.6 Å². The summed E-state index contributed by atoms with van der Waals surface area (Å²) in [7, 11) is 1.75. The van der Waals surface area contributed by atoms with E-state index >= 15 is 0 Å². The predicted octanol–water partition coefficient (Wildman–Crippen LogP) is 4.62. The first kappa shape index (κ1) is 16.8. The van der Waals surface area contributed by atoms with E-state index in [1.165, 1.54) is 5.56 Å². The van der Waals surface area contributed by atoms with Crippen molar-refractivity contribution in [3.8, 4) is 0 Å². The number of ether oxygens (including phenoxy) is 1. The maximum atomic E-state index is 5.81. The van der Waals surface area contributed by atoms with E-state index < -0.39 is 0 Å². The van der Waals surface area contributed by atoms with Crippen molar-refractivity contribution in [3.05, 3.63) is 96.1 Å². The van der Waals surface area contributed by atoms with Gasteiger partial charge in [0.15, 0.2) is 0 Å². The molecule has 2 aromatic rings. The summed E-state index contributed by atoms with van der Waals surface area (Å²) in [6.07, 6.45) is 9.64. The van der Waals surface area contributed by atoms with Crippen molar-refractivity contribution in [1.29, 1.82) is 0 Å². The van der Waals surface area contributed by atoms with Crippen molar-refractivity contribution in [2.75, 3.05) is 7.11 Å². The van der Waals surface area contributed by atoms with Gasteiger partial charge in [-0.1, -0.05) is 85.0 Å². The lowest BCUT2D eigenvalue weighted by Gasteiger charge is -2.27. The maximum absolute atomic E-state index is 5.81. The highest BCUT2D eigenvalue weighted by atomic mass is 16.5. The van der Waals surface area contributed by atoms with Crippen LogP contribution in [0.3, 0.4) is 0 Å². The third-order valence-electron chi connectivity index (χ3n) is 5.14. The summed E-state index contributed by atoms with van der Waals surface area (Å²) < 4.78 is 5.81. The summed E-state index contributed by atoms with van der Waals surface area (Å²) in [6.45, 7) is 0. The van der Waals surface area contributed by atoms with Crippen LogP contribution in [0.15, 0.2) is 90.0 Å². The second kappa shape index (κ2) is 7.71. The summed E-state index contributed by atoms with van der Waals surface area (Å²) >= 11 is 0. The van der Waals surface area contributed by atoms with Gasteiger partial charge in [-0.15, -0.1) is 0 Å². The van der Waals surface area contributed by atoms with Gasteiger partial charge in [-0.2, -0.15) is 0 Å². The van der Waals surface area contributed by atoms with Crippen LogP contribution in [0.4, 0.5) is 0 Å². The molecule has 4 rings (SSSR count). The minimum atomic E-state index is -0.171. The topological polar surface area (TPSA) is 33.6 Å². The van der Waals surface area contributed by atoms with Crippen LogP contribution in [0, 0.1) is 5.92 Å². The molecular formula is C23H24N2O. The van der Waals surface area contributed by atoms with E-state index in [0.29, 0.717) is 5.92 Å². The Morgan fingerprint density at radius 2 is 1.73 bits per heavy atom. The highest BCUT2D eigenvalue weighted by Gasteiger charge is 2.37. The Morgan fingerprint density at radius 1 is 1.00 bits per heavy atom. The molecule has 0 radical (unpaired) electrons. The Hall–Kier alpha value is -2.65. The maximum Gasteiger partial charge on any atom is 0.139 e. The lowest BCUT2D eigenvalue weighted by Crippen LogP contribution is -2.39. The van der Waals surface area contributed by atoms with Gasteiger partial charge in [0.05, 0.1) is 12.1 Å². The number of hydrogen-bond acceptors (Lipinski definition) is 3. The Kier molecular flexibility index (Phi) is 4.98. The van der Waals surface area contributed by atoms with Crippen LogP contribution in [0.2, 0.25) is 0 Å². The number of rotatable bonds is 5. The van der Waals surface area contributed by atoms with Crippen LogP contribution < -0.4 is 5.32 Å². The van der Waals surface area contributed by atoms with Crippen LogP contribution in [0.5, 0.6) is 0 Å². The highest BCUT2D eigenvalue weighted by molar-refractivity contribution is 5.90. The third kappa shape index (κ3) is 3.35. The molecule has 0 amide bonds. The number of benzene rings is 2. The number of allylic oxidation sites excluding steroid dienone is 3. The fraction of sp³-hybridized carbons (Fsp3) is 0.261. The monoisotopic (exact) mass is 344 g/mol. The van der Waals surface area contributed by atoms with Gasteiger partial charge in [0.1, 0.15) is 11.9 Å². The molecule has 1 N–H and O–H groups in total. The van der Waals surface area contributed by atoms with Crippen LogP contribution in [0.1, 0.15) is 29.7 Å². The minimum absolute atomic E-state index is 0.0914. The van der Waals surface area contributed by atoms with Gasteiger partial charge in [-0.3, -0.25) is 4.99 Å². The lowest BCUT2D eigenvalue weighted by atomic mass is 9.86. The van der Waals surface area contributed by atoms with E-state index in [-0.39, 0.29) is 18.2 Å². The molecule has 1 aliphatic heterocycles. The Morgan fingerprint density at radius 3 is 2.38 bits per heavy atom. The highest BCUT2D eigenvalue weighted by Crippen LogP contribution is 2.35. The van der Waals surface area contributed by atoms with E-state index in [9.17, 15) is 0 Å². The van der Waals surface area contributed by atoms with Crippen molar-refractivity contribution >= 4 is 5.84 Å². The average Bonchev–Trinajstić information content (AvgIpc) is 3.16. The molecule has 0 fully saturated rings. The molecule has 2 aliphatic rings. The lowest BCUT2D eigenvalue weighted by molar-refractivity contribution is 0.155. The molecule has 0 saturated heterocycles. The summed E-state index contributed by atoms with van der Waals surface area (Å²) in [5.74, 6) is 1.33. The number of nitrogens with one attached hydrogen (secondary N) is 1. The quantitative estimate of drug-likeness (QED) is 0.859. The minimum Gasteiger partial charge on any atom is -0.369 e. The molecular weight excluding hydrogens is 320 g/mol. The summed E-state index contributed by atoms with van der Waals surface area (Å²) in [4.78, 5) is 5.09. The predicted molar refractivity (Wildman–Crippen MR) is 106 cm³/mol. The molecule has 132 valence electrons. The summed E-state index contributed by atoms with van der Waals surface area (Å²) in [5.41, 5.74) is 2.36. The number of hydrogen-bond donors (Lipinski definition) is 1. The molecule has 0 bridgehead atoms. The third-order valence-corrected chi connectivity index (χ3v) is 5.14. The van der Waals surface area contributed by atoms with Crippen molar-refractivity contribution in [2.24, 2.45) is 10.9 Å². The number of aliphatic imine (C=N–C) groups is 1. The van der Waals surface area contributed by atoms with Gasteiger partial charge >= 0.3 is 0 Å². The van der Waals surface area contributed by atoms with Gasteiger partial charge in [0.25, 0.3) is 0 Å². The molecule has 3 heteroatoms. The fourth-order valence-electron chi connectivity index (χ4n) is 3.83. The smallest absolute Gasteiger partial charge is 0.139 e. The molecule has 26 heavy (non-hydrogen) atoms. The number of amidine groups is 1. The molecule has 0 saturated carbocycles. The zero-order valence-electron chi connectivity index (χ0n) is 15.0. The van der Waals surface area contributed by atoms with Crippen LogP contribution in [-0.4, -0.2) is 19.0 Å². The molecule has 3 unspecified atom stereocenters. The number of nitrogens with zero attached hydrogens (tertiary/aromatic N) is 1. The Labute approximate surface area is 155 Å². The Balaban J connectivity index is 1.67. The van der Waals surface area contributed by atoms with E-state index in [1.807, 2.05) is 18.2 Å². The fourth-order valence-corrected chi connectivity index (χ4v) is 3.83. The van der Waals surface area contributed by atoms with Crippen LogP contribution in [-0.2, 0) is 4.74 Å². The molecule has 1 heterocycles. The first-order chi connectivity index (χ1) is 12.9. The molecule has 2 aromatic carbocycles. The van der Waals surface area contributed by atoms with E-state index in [4.69, 9.17) is 9.73 Å². The van der Waals surface area contributed by atoms with Crippen LogP contribution in [0.25, 0.3) is 0 Å². The summed E-state index contributed by atoms with van der Waals surface area (Å²) in [6, 6.07) is 21.2. The van der Waals surface area contributed by atoms with E-state index in [1.54, 1.807) is 7.11 Å². The second-order valence-electron chi connectivity index (χ2n) is 6.78. The standard InChI is InChI=1S/C23H24N2O/c1-26-22(19-15-9-4-10-16-19)23-24-20(17-11-5-2-6-12-17)21(25-23)18-13-7-3-8-14-18/h2-13,15-16,18,20-22H,14H2,1H3,(H,24,25)/t18?,20?,21-,22?/m0/s1. The Bertz CT molecular complexity index is 811. The molecule has 0 aromatic heterocycles. The largest absolute Gasteiger partial charge is 0.369 e. The van der Waals surface area contributed by atoms with Crippen molar-refractivity contribution in [1.82, 2.24) is 5.32 Å². The van der Waals surface area contributed by atoms with Gasteiger partial charge < -0.3 is 10.1 Å². The number of methoxy groups -OCH3 is 1. The molecule has 3 nitrogen and oxygen atoms in total. The SMILES string of the molecule is COC(C1=NC(c2ccccc2)[C@H](C2C=CC=CC2)N1)c1ccccc1. The average molecular weight is 344 g/mol. The molecule has 1 aliphatic carbocycles. The molecule has 0 spiro atoms. The van der Waals surface area contributed by atoms with Gasteiger partial charge in [0.2, 0.25) is 0 Å². The van der Waals surface area contributed by atoms with Gasteiger partial charge in [0, 0.05) is 13.0 Å². The van der Waals surface area contributed by atoms with Crippen molar-refractivity contribution < 1.29 is 4.74 Å². The summed E-state index contributed by atoms with van der Waals surface area (Å²) in [5, 5.41) is 3.70. The van der Waals surface area contributed by atoms with E-state index in [2.05, 4.69) is 72.1 Å². The van der Waals surface area contributed by atoms with E-state index in [0.717, 1.165) is 17.8 Å². The second-order valence-corrected chi connectivity index (χ2v) is 6.78. The zero-order valence-corrected chi connectivity index (χ0v) is 15.0.